The minimum absolute atomic E-state index is 0. The molecule has 132 valence electrons. The molecule has 0 spiro atoms. The van der Waals surface area contributed by atoms with Gasteiger partial charge in [-0.2, -0.15) is 0 Å². The van der Waals surface area contributed by atoms with Crippen molar-refractivity contribution >= 4 is 11.9 Å². The number of nitrogens with one attached hydrogen (secondary N) is 1. The molecule has 1 amide bonds. The number of benzene rings is 2. The van der Waals surface area contributed by atoms with Crippen LogP contribution in [0.1, 0.15) is 23.6 Å². The predicted octanol–water partition coefficient (Wildman–Crippen LogP) is -2.02. The van der Waals surface area contributed by atoms with Gasteiger partial charge in [0.2, 0.25) is 5.91 Å². The third-order valence-corrected chi connectivity index (χ3v) is 3.88. The van der Waals surface area contributed by atoms with Crippen LogP contribution >= 0.6 is 0 Å². The minimum Gasteiger partial charge on any atom is -0.550 e. The van der Waals surface area contributed by atoms with Crippen LogP contribution in [0.5, 0.6) is 0 Å². The Morgan fingerprint density at radius 1 is 1.08 bits per heavy atom. The summed E-state index contributed by atoms with van der Waals surface area (Å²) in [6, 6.07) is 14.6. The number of aliphatic hydroxyl groups excluding tert-OH is 1. The van der Waals surface area contributed by atoms with Crippen LogP contribution in [0.3, 0.4) is 0 Å². The van der Waals surface area contributed by atoms with Gasteiger partial charge in [-0.25, -0.2) is 4.39 Å². The molecule has 0 saturated carbocycles. The monoisotopic (exact) mass is 383 g/mol. The molecule has 0 fully saturated rings. The summed E-state index contributed by atoms with van der Waals surface area (Å²) in [4.78, 5) is 23.0. The number of aliphatic carboxylic acids is 1. The normalized spacial score (nSPS) is 12.5. The van der Waals surface area contributed by atoms with Crippen LogP contribution in [0.25, 0.3) is 0 Å². The number of hydrogen-bond donors (Lipinski definition) is 2. The van der Waals surface area contributed by atoms with Gasteiger partial charge in [0, 0.05) is 18.0 Å². The van der Waals surface area contributed by atoms with E-state index < -0.39 is 42.7 Å². The van der Waals surface area contributed by atoms with Crippen molar-refractivity contribution in [3.63, 3.8) is 0 Å². The van der Waals surface area contributed by atoms with E-state index in [1.165, 1.54) is 6.07 Å². The first-order valence-electron chi connectivity index (χ1n) is 7.90. The average molecular weight is 383 g/mol. The van der Waals surface area contributed by atoms with Crippen LogP contribution in [-0.2, 0) is 16.0 Å². The van der Waals surface area contributed by atoms with Gasteiger partial charge in [0.05, 0.1) is 18.6 Å². The molecule has 2 aromatic rings. The zero-order valence-corrected chi connectivity index (χ0v) is 17.6. The third kappa shape index (κ3) is 6.90. The second-order valence-electron chi connectivity index (χ2n) is 5.73. The first kappa shape index (κ1) is 22.9. The Hall–Kier alpha value is -1.09. The molecule has 0 aliphatic rings. The maximum atomic E-state index is 14.2. The number of rotatable bonds is 8. The molecule has 0 heterocycles. The topological polar surface area (TPSA) is 89.5 Å². The van der Waals surface area contributed by atoms with Gasteiger partial charge < -0.3 is 20.3 Å². The second kappa shape index (κ2) is 11.6. The van der Waals surface area contributed by atoms with Crippen LogP contribution in [0.15, 0.2) is 54.6 Å². The Bertz CT molecular complexity index is 726. The van der Waals surface area contributed by atoms with E-state index >= 15 is 0 Å². The number of hydrogen-bond acceptors (Lipinski definition) is 4. The molecule has 7 heteroatoms. The van der Waals surface area contributed by atoms with Gasteiger partial charge in [0.25, 0.3) is 0 Å². The van der Waals surface area contributed by atoms with Crippen LogP contribution in [0, 0.1) is 11.7 Å². The Morgan fingerprint density at radius 3 is 2.27 bits per heavy atom. The van der Waals surface area contributed by atoms with Crippen molar-refractivity contribution in [1.82, 2.24) is 5.32 Å². The fourth-order valence-corrected chi connectivity index (χ4v) is 2.58. The Labute approximate surface area is 194 Å². The van der Waals surface area contributed by atoms with Crippen molar-refractivity contribution in [1.29, 1.82) is 0 Å². The smallest absolute Gasteiger partial charge is 0.550 e. The molecule has 0 aliphatic heterocycles. The first-order valence-corrected chi connectivity index (χ1v) is 7.90. The Kier molecular flexibility index (Phi) is 10.2. The summed E-state index contributed by atoms with van der Waals surface area (Å²) in [7, 11) is 0. The molecular weight excluding hydrogens is 364 g/mol. The number of carbonyl (C=O) groups excluding carboxylic acids is 2. The Morgan fingerprint density at radius 2 is 1.69 bits per heavy atom. The molecular formula is C19H19FKNO4. The fraction of sp³-hybridized carbons (Fsp3) is 0.263. The van der Waals surface area contributed by atoms with Gasteiger partial charge in [-0.05, 0) is 18.1 Å². The summed E-state index contributed by atoms with van der Waals surface area (Å²) in [5.74, 6) is -3.70. The molecule has 0 saturated heterocycles. The second-order valence-corrected chi connectivity index (χ2v) is 5.73. The summed E-state index contributed by atoms with van der Waals surface area (Å²) in [6.07, 6.45) is -0.269. The van der Waals surface area contributed by atoms with E-state index in [2.05, 4.69) is 5.32 Å². The van der Waals surface area contributed by atoms with E-state index in [-0.39, 0.29) is 51.4 Å². The van der Waals surface area contributed by atoms with Gasteiger partial charge in [-0.15, -0.1) is 0 Å². The minimum atomic E-state index is -1.43. The first-order chi connectivity index (χ1) is 12.0. The van der Waals surface area contributed by atoms with Gasteiger partial charge in [0.15, 0.2) is 0 Å². The quantitative estimate of drug-likeness (QED) is 0.515. The number of carboxylic acids is 1. The van der Waals surface area contributed by atoms with Crippen LogP contribution in [0.2, 0.25) is 0 Å². The van der Waals surface area contributed by atoms with Crippen molar-refractivity contribution in [2.75, 3.05) is 6.61 Å². The maximum absolute atomic E-state index is 14.2. The number of carbonyl (C=O) groups is 2. The molecule has 2 N–H and O–H groups in total. The molecule has 2 atom stereocenters. The molecule has 5 nitrogen and oxygen atoms in total. The van der Waals surface area contributed by atoms with Crippen molar-refractivity contribution in [2.45, 2.75) is 18.9 Å². The number of aliphatic hydroxyl groups is 1. The summed E-state index contributed by atoms with van der Waals surface area (Å²) < 4.78 is 14.2. The zero-order valence-electron chi connectivity index (χ0n) is 14.5. The summed E-state index contributed by atoms with van der Waals surface area (Å²) in [6.45, 7) is -0.630. The van der Waals surface area contributed by atoms with Crippen molar-refractivity contribution in [3.8, 4) is 0 Å². The molecule has 0 bridgehead atoms. The van der Waals surface area contributed by atoms with E-state index in [0.29, 0.717) is 12.0 Å². The Balaban J connectivity index is 0.00000338. The molecule has 0 aromatic heterocycles. The van der Waals surface area contributed by atoms with E-state index in [4.69, 9.17) is 0 Å². The van der Waals surface area contributed by atoms with Crippen LogP contribution < -0.4 is 61.8 Å². The summed E-state index contributed by atoms with van der Waals surface area (Å²) in [5, 5.41) is 22.6. The van der Waals surface area contributed by atoms with Gasteiger partial charge in [-0.3, -0.25) is 4.79 Å². The van der Waals surface area contributed by atoms with Gasteiger partial charge >= 0.3 is 51.4 Å². The van der Waals surface area contributed by atoms with E-state index in [9.17, 15) is 24.2 Å². The van der Waals surface area contributed by atoms with Crippen LogP contribution in [-0.4, -0.2) is 23.6 Å². The number of carboxylic acid groups (broad SMARTS) is 1. The van der Waals surface area contributed by atoms with Gasteiger partial charge in [0.1, 0.15) is 5.82 Å². The largest absolute Gasteiger partial charge is 1.00 e. The van der Waals surface area contributed by atoms with E-state index in [1.807, 2.05) is 30.3 Å². The fourth-order valence-electron chi connectivity index (χ4n) is 2.58. The standard InChI is InChI=1S/C19H20FNO4.K/c20-16-9-5-4-8-15(16)17(10-13-6-2-1-3-7-13)21-19(25)14(12-22)11-18(23)24;/h1-9,14,17,22H,10-12H2,(H,21,25)(H,23,24);/q;+1/p-1. The van der Waals surface area contributed by atoms with Crippen molar-refractivity contribution in [3.05, 3.63) is 71.5 Å². The van der Waals surface area contributed by atoms with E-state index in [1.54, 1.807) is 18.2 Å². The molecule has 2 rings (SSSR count). The molecule has 0 radical (unpaired) electrons. The average Bonchev–Trinajstić information content (AvgIpc) is 2.60. The van der Waals surface area contributed by atoms with Crippen molar-refractivity contribution < 1.29 is 75.6 Å². The number of halogens is 1. The van der Waals surface area contributed by atoms with Crippen molar-refractivity contribution in [2.24, 2.45) is 5.92 Å². The van der Waals surface area contributed by atoms with E-state index in [0.717, 1.165) is 5.56 Å². The third-order valence-electron chi connectivity index (χ3n) is 3.88. The predicted molar refractivity (Wildman–Crippen MR) is 87.6 cm³/mol. The molecule has 2 aromatic carbocycles. The summed E-state index contributed by atoms with van der Waals surface area (Å²) in [5.41, 5.74) is 1.18. The number of amides is 1. The molecule has 2 unspecified atom stereocenters. The molecule has 0 aliphatic carbocycles. The summed E-state index contributed by atoms with van der Waals surface area (Å²) >= 11 is 0. The molecule has 26 heavy (non-hydrogen) atoms. The SMILES string of the molecule is O=C([O-])CC(CO)C(=O)NC(Cc1ccccc1)c1ccccc1F.[K+]. The zero-order chi connectivity index (χ0) is 18.2. The maximum Gasteiger partial charge on any atom is 1.00 e. The van der Waals surface area contributed by atoms with Gasteiger partial charge in [-0.1, -0.05) is 48.5 Å². The van der Waals surface area contributed by atoms with Crippen LogP contribution in [0.4, 0.5) is 4.39 Å².